The molecule has 524 valence electrons. The number of hydrogen-bond donors (Lipinski definition) is 9. The third-order valence-electron chi connectivity index (χ3n) is 17.2. The molecule has 0 aromatic carbocycles. The topological polar surface area (TPSA) is 228 Å². The molecule has 0 spiro atoms. The Hall–Kier alpha value is -3.35. The van der Waals surface area contributed by atoms with Crippen molar-refractivity contribution in [2.75, 3.05) is 19.8 Å². The van der Waals surface area contributed by atoms with Gasteiger partial charge in [-0.25, -0.2) is 0 Å². The molecule has 2 saturated heterocycles. The summed E-state index contributed by atoms with van der Waals surface area (Å²) in [6, 6.07) is -0.940. The molecule has 2 heterocycles. The normalized spacial score (nSPS) is 23.5. The van der Waals surface area contributed by atoms with Crippen LogP contribution in [0.4, 0.5) is 0 Å². The van der Waals surface area contributed by atoms with E-state index in [4.69, 9.17) is 18.9 Å². The number of rotatable bonds is 59. The molecule has 0 bridgehead atoms. The van der Waals surface area contributed by atoms with Gasteiger partial charge in [-0.15, -0.1) is 0 Å². The van der Waals surface area contributed by atoms with Crippen molar-refractivity contribution in [3.63, 3.8) is 0 Å². The Labute approximate surface area is 553 Å². The summed E-state index contributed by atoms with van der Waals surface area (Å²) < 4.78 is 22.9. The zero-order chi connectivity index (χ0) is 65.9. The molecule has 14 nitrogen and oxygen atoms in total. The number of ether oxygens (including phenoxy) is 4. The quantitative estimate of drug-likeness (QED) is 0.0204. The summed E-state index contributed by atoms with van der Waals surface area (Å²) in [5, 5.41) is 87.5. The molecule has 0 saturated carbocycles. The van der Waals surface area contributed by atoms with Gasteiger partial charge in [0.1, 0.15) is 48.8 Å². The van der Waals surface area contributed by atoms with Crippen LogP contribution in [0.15, 0.2) is 109 Å². The van der Waals surface area contributed by atoms with Crippen LogP contribution >= 0.6 is 0 Å². The van der Waals surface area contributed by atoms with Gasteiger partial charge in [0.05, 0.1) is 32.0 Å². The summed E-state index contributed by atoms with van der Waals surface area (Å²) in [4.78, 5) is 13.3. The van der Waals surface area contributed by atoms with E-state index in [9.17, 15) is 45.6 Å². The van der Waals surface area contributed by atoms with Crippen molar-refractivity contribution >= 4 is 5.91 Å². The second-order valence-corrected chi connectivity index (χ2v) is 25.3. The van der Waals surface area contributed by atoms with E-state index in [1.807, 2.05) is 6.08 Å². The van der Waals surface area contributed by atoms with E-state index in [2.05, 4.69) is 116 Å². The van der Waals surface area contributed by atoms with Gasteiger partial charge >= 0.3 is 0 Å². The van der Waals surface area contributed by atoms with Crippen LogP contribution < -0.4 is 5.32 Å². The molecule has 2 fully saturated rings. The van der Waals surface area contributed by atoms with Gasteiger partial charge in [0.25, 0.3) is 0 Å². The molecular formula is C77H133NO13. The Morgan fingerprint density at radius 1 is 0.407 bits per heavy atom. The summed E-state index contributed by atoms with van der Waals surface area (Å²) in [5.74, 6) is -0.252. The monoisotopic (exact) mass is 1280 g/mol. The molecule has 0 aliphatic carbocycles. The largest absolute Gasteiger partial charge is 0.394 e. The van der Waals surface area contributed by atoms with Crippen molar-refractivity contribution in [1.29, 1.82) is 0 Å². The molecule has 14 heteroatoms. The highest BCUT2D eigenvalue weighted by molar-refractivity contribution is 5.76. The number of allylic oxidation sites excluding steroid dienone is 17. The molecule has 0 aromatic heterocycles. The number of hydrogen-bond acceptors (Lipinski definition) is 13. The first-order valence-electron chi connectivity index (χ1n) is 36.6. The number of unbranched alkanes of at least 4 members (excludes halogenated alkanes) is 30. The summed E-state index contributed by atoms with van der Waals surface area (Å²) in [6.07, 6.45) is 70.0. The van der Waals surface area contributed by atoms with Crippen LogP contribution in [0.3, 0.4) is 0 Å². The predicted octanol–water partition coefficient (Wildman–Crippen LogP) is 15.5. The minimum Gasteiger partial charge on any atom is -0.394 e. The van der Waals surface area contributed by atoms with Crippen molar-refractivity contribution in [1.82, 2.24) is 5.32 Å². The van der Waals surface area contributed by atoms with Crippen molar-refractivity contribution in [2.24, 2.45) is 0 Å². The summed E-state index contributed by atoms with van der Waals surface area (Å²) >= 11 is 0. The van der Waals surface area contributed by atoms with Crippen LogP contribution in [-0.4, -0.2) is 140 Å². The highest BCUT2D eigenvalue weighted by atomic mass is 16.7. The third kappa shape index (κ3) is 44.1. The average molecular weight is 1280 g/mol. The van der Waals surface area contributed by atoms with Gasteiger partial charge in [0.15, 0.2) is 12.6 Å². The van der Waals surface area contributed by atoms with E-state index in [1.165, 1.54) is 161 Å². The smallest absolute Gasteiger partial charge is 0.220 e. The van der Waals surface area contributed by atoms with E-state index in [1.54, 1.807) is 6.08 Å². The van der Waals surface area contributed by atoms with Gasteiger partial charge in [0, 0.05) is 6.42 Å². The van der Waals surface area contributed by atoms with Gasteiger partial charge in [0.2, 0.25) is 5.91 Å². The van der Waals surface area contributed by atoms with E-state index in [0.717, 1.165) is 83.5 Å². The molecule has 2 rings (SSSR count). The SMILES string of the molecule is CC/C=C\C/C=C\C/C=C\C/C=C\C/C=C\C/C=C\C/C=C\CCCCCCCCCCCCCCCC(=O)NC(COC1OC(CO)C(OC2OC(CO)C(O)C(O)C2O)C(O)C1O)C(O)/C=C/CC/C=C/CCCCCCCCCCCCCCCCCC. The van der Waals surface area contributed by atoms with Crippen LogP contribution in [0.25, 0.3) is 0 Å². The molecule has 0 aromatic rings. The Kier molecular flexibility index (Phi) is 55.5. The van der Waals surface area contributed by atoms with Crippen LogP contribution in [-0.2, 0) is 23.7 Å². The lowest BCUT2D eigenvalue weighted by Gasteiger charge is -2.46. The average Bonchev–Trinajstić information content (AvgIpc) is 0.888. The number of carbonyl (C=O) groups is 1. The van der Waals surface area contributed by atoms with Crippen molar-refractivity contribution in [2.45, 2.75) is 351 Å². The molecule has 91 heavy (non-hydrogen) atoms. The van der Waals surface area contributed by atoms with E-state index in [-0.39, 0.29) is 18.9 Å². The van der Waals surface area contributed by atoms with Gasteiger partial charge in [-0.05, 0) is 89.9 Å². The predicted molar refractivity (Wildman–Crippen MR) is 373 cm³/mol. The third-order valence-corrected chi connectivity index (χ3v) is 17.2. The second-order valence-electron chi connectivity index (χ2n) is 25.3. The Bertz CT molecular complexity index is 1950. The molecule has 9 N–H and O–H groups in total. The fourth-order valence-electron chi connectivity index (χ4n) is 11.4. The molecule has 0 radical (unpaired) electrons. The van der Waals surface area contributed by atoms with Crippen LogP contribution in [0.2, 0.25) is 0 Å². The maximum absolute atomic E-state index is 13.3. The minimum atomic E-state index is -1.80. The number of carbonyl (C=O) groups excluding carboxylic acids is 1. The van der Waals surface area contributed by atoms with Gasteiger partial charge in [-0.3, -0.25) is 4.79 Å². The molecule has 2 aliphatic heterocycles. The van der Waals surface area contributed by atoms with Crippen LogP contribution in [0.1, 0.15) is 277 Å². The zero-order valence-corrected chi connectivity index (χ0v) is 57.1. The molecule has 12 unspecified atom stereocenters. The lowest BCUT2D eigenvalue weighted by atomic mass is 9.97. The maximum atomic E-state index is 13.3. The van der Waals surface area contributed by atoms with Crippen molar-refractivity contribution < 1.29 is 64.6 Å². The first kappa shape index (κ1) is 83.7. The number of nitrogens with one attached hydrogen (secondary N) is 1. The fourth-order valence-corrected chi connectivity index (χ4v) is 11.4. The van der Waals surface area contributed by atoms with E-state index < -0.39 is 86.8 Å². The highest BCUT2D eigenvalue weighted by Gasteiger charge is 2.51. The Morgan fingerprint density at radius 3 is 1.21 bits per heavy atom. The molecule has 2 aliphatic rings. The molecule has 1 amide bonds. The lowest BCUT2D eigenvalue weighted by molar-refractivity contribution is -0.359. The second kappa shape index (κ2) is 60.3. The van der Waals surface area contributed by atoms with Crippen LogP contribution in [0.5, 0.6) is 0 Å². The Balaban J connectivity index is 1.66. The number of aliphatic hydroxyl groups excluding tert-OH is 8. The van der Waals surface area contributed by atoms with Crippen molar-refractivity contribution in [3.8, 4) is 0 Å². The van der Waals surface area contributed by atoms with E-state index in [0.29, 0.717) is 12.8 Å². The fraction of sp³-hybridized carbons (Fsp3) is 0.753. The Morgan fingerprint density at radius 2 is 0.769 bits per heavy atom. The first-order chi connectivity index (χ1) is 44.6. The number of aliphatic hydroxyl groups is 8. The lowest BCUT2D eigenvalue weighted by Crippen LogP contribution is -2.65. The van der Waals surface area contributed by atoms with Crippen molar-refractivity contribution in [3.05, 3.63) is 109 Å². The van der Waals surface area contributed by atoms with Crippen LogP contribution in [0, 0.1) is 0 Å². The minimum absolute atomic E-state index is 0.252. The highest BCUT2D eigenvalue weighted by Crippen LogP contribution is 2.30. The standard InChI is InChI=1S/C77H133NO13/c1-3-5-7-9-11-13-15-17-19-21-23-25-27-28-29-30-31-32-33-34-35-36-37-38-39-41-43-45-47-49-51-53-55-57-59-61-69(82)78-65(64-88-76-74(87)72(85)75(68(63-80)90-76)91-77-73(86)71(84)70(83)67(62-79)89-77)66(81)60-58-56-54-52-50-48-46-44-42-40-26-24-22-20-18-16-14-12-10-8-6-4-2/h5,7,11,13,17,19,23,25,28-29,31-32,34-35,50,52,58,60,65-68,70-77,79-81,83-87H,3-4,6,8-10,12,14-16,18,20-22,24,26-27,30,33,36-49,51,53-57,59,61-64H2,1-2H3,(H,78,82)/b7-5-,13-11-,19-17-,25-23-,29-28-,32-31-,35-34-,52-50+,60-58+. The summed E-state index contributed by atoms with van der Waals surface area (Å²) in [6.45, 7) is 2.69. The molecular weight excluding hydrogens is 1150 g/mol. The summed E-state index contributed by atoms with van der Waals surface area (Å²) in [7, 11) is 0. The zero-order valence-electron chi connectivity index (χ0n) is 57.1. The van der Waals surface area contributed by atoms with E-state index >= 15 is 0 Å². The first-order valence-corrected chi connectivity index (χ1v) is 36.6. The maximum Gasteiger partial charge on any atom is 0.220 e. The summed E-state index contributed by atoms with van der Waals surface area (Å²) in [5.41, 5.74) is 0. The number of amides is 1. The van der Waals surface area contributed by atoms with Gasteiger partial charge < -0.3 is 65.1 Å². The molecule has 12 atom stereocenters. The van der Waals surface area contributed by atoms with Gasteiger partial charge in [-0.1, -0.05) is 290 Å². The van der Waals surface area contributed by atoms with Gasteiger partial charge in [-0.2, -0.15) is 0 Å².